The van der Waals surface area contributed by atoms with Crippen molar-refractivity contribution >= 4 is 5.91 Å². The first-order chi connectivity index (χ1) is 8.72. The molecule has 0 aliphatic carbocycles. The fourth-order valence-corrected chi connectivity index (χ4v) is 2.68. The Bertz CT molecular complexity index is 236. The number of nitrogens with zero attached hydrogens (tertiary/aromatic N) is 1. The molecule has 1 amide bonds. The molecule has 0 spiro atoms. The van der Waals surface area contributed by atoms with Gasteiger partial charge in [0.1, 0.15) is 0 Å². The van der Waals surface area contributed by atoms with Crippen LogP contribution in [0.1, 0.15) is 39.5 Å². The summed E-state index contributed by atoms with van der Waals surface area (Å²) in [5.74, 6) is 0.825. The van der Waals surface area contributed by atoms with Crippen LogP contribution in [0.25, 0.3) is 0 Å². The molecule has 1 saturated heterocycles. The average molecular weight is 256 g/mol. The van der Waals surface area contributed by atoms with Crippen molar-refractivity contribution in [3.8, 4) is 0 Å². The minimum Gasteiger partial charge on any atom is -0.383 e. The van der Waals surface area contributed by atoms with E-state index in [-0.39, 0.29) is 0 Å². The fourth-order valence-electron chi connectivity index (χ4n) is 2.68. The number of hydrogen-bond acceptors (Lipinski definition) is 3. The standard InChI is InChI=1S/C14H28N2O2/c1-4-13(5-2)16(8-9-18-3)14(17)10-12-6-7-15-11-12/h12-13,15H,4-11H2,1-3H3. The Hall–Kier alpha value is -0.610. The van der Waals surface area contributed by atoms with E-state index in [1.165, 1.54) is 0 Å². The van der Waals surface area contributed by atoms with E-state index < -0.39 is 0 Å². The third-order valence-electron chi connectivity index (χ3n) is 3.87. The number of hydrogen-bond donors (Lipinski definition) is 1. The van der Waals surface area contributed by atoms with E-state index in [4.69, 9.17) is 4.74 Å². The zero-order valence-electron chi connectivity index (χ0n) is 12.1. The molecule has 0 aromatic carbocycles. The molecule has 0 saturated carbocycles. The van der Waals surface area contributed by atoms with Crippen LogP contribution in [0.2, 0.25) is 0 Å². The van der Waals surface area contributed by atoms with Crippen molar-refractivity contribution in [2.45, 2.75) is 45.6 Å². The van der Waals surface area contributed by atoms with E-state index in [1.807, 2.05) is 4.90 Å². The van der Waals surface area contributed by atoms with Gasteiger partial charge in [-0.1, -0.05) is 13.8 Å². The second kappa shape index (κ2) is 8.48. The van der Waals surface area contributed by atoms with Crippen LogP contribution in [-0.4, -0.2) is 50.2 Å². The third kappa shape index (κ3) is 4.58. The van der Waals surface area contributed by atoms with Crippen molar-refractivity contribution in [3.05, 3.63) is 0 Å². The SMILES string of the molecule is CCC(CC)N(CCOC)C(=O)CC1CCNC1. The van der Waals surface area contributed by atoms with Gasteiger partial charge in [-0.2, -0.15) is 0 Å². The number of rotatable bonds is 8. The monoisotopic (exact) mass is 256 g/mol. The van der Waals surface area contributed by atoms with Gasteiger partial charge in [-0.15, -0.1) is 0 Å². The van der Waals surface area contributed by atoms with E-state index in [0.717, 1.165) is 38.9 Å². The largest absolute Gasteiger partial charge is 0.383 e. The molecule has 18 heavy (non-hydrogen) atoms. The zero-order chi connectivity index (χ0) is 13.4. The Morgan fingerprint density at radius 2 is 2.17 bits per heavy atom. The maximum Gasteiger partial charge on any atom is 0.223 e. The van der Waals surface area contributed by atoms with Gasteiger partial charge in [0.2, 0.25) is 5.91 Å². The highest BCUT2D eigenvalue weighted by molar-refractivity contribution is 5.76. The first-order valence-electron chi connectivity index (χ1n) is 7.22. The molecular formula is C14H28N2O2. The molecule has 0 radical (unpaired) electrons. The van der Waals surface area contributed by atoms with Crippen LogP contribution in [0, 0.1) is 5.92 Å². The zero-order valence-corrected chi connectivity index (χ0v) is 12.1. The lowest BCUT2D eigenvalue weighted by molar-refractivity contribution is -0.135. The molecule has 1 fully saturated rings. The lowest BCUT2D eigenvalue weighted by Crippen LogP contribution is -2.42. The van der Waals surface area contributed by atoms with Crippen LogP contribution in [-0.2, 0) is 9.53 Å². The maximum absolute atomic E-state index is 12.4. The number of methoxy groups -OCH3 is 1. The predicted octanol–water partition coefficient (Wildman–Crippen LogP) is 1.65. The maximum atomic E-state index is 12.4. The molecular weight excluding hydrogens is 228 g/mol. The highest BCUT2D eigenvalue weighted by Crippen LogP contribution is 2.17. The second-order valence-corrected chi connectivity index (χ2v) is 5.11. The van der Waals surface area contributed by atoms with Crippen LogP contribution in [0.15, 0.2) is 0 Å². The fraction of sp³-hybridized carbons (Fsp3) is 0.929. The Morgan fingerprint density at radius 3 is 2.67 bits per heavy atom. The summed E-state index contributed by atoms with van der Waals surface area (Å²) in [7, 11) is 1.69. The molecule has 1 atom stereocenters. The number of ether oxygens (including phenoxy) is 1. The summed E-state index contributed by atoms with van der Waals surface area (Å²) in [4.78, 5) is 14.4. The van der Waals surface area contributed by atoms with Crippen LogP contribution in [0.3, 0.4) is 0 Å². The smallest absolute Gasteiger partial charge is 0.223 e. The lowest BCUT2D eigenvalue weighted by atomic mass is 10.0. The summed E-state index contributed by atoms with van der Waals surface area (Å²) in [5.41, 5.74) is 0. The Morgan fingerprint density at radius 1 is 1.44 bits per heavy atom. The topological polar surface area (TPSA) is 41.6 Å². The molecule has 4 heteroatoms. The molecule has 1 rings (SSSR count). The quantitative estimate of drug-likeness (QED) is 0.718. The van der Waals surface area contributed by atoms with Crippen molar-refractivity contribution < 1.29 is 9.53 Å². The van der Waals surface area contributed by atoms with Gasteiger partial charge in [-0.05, 0) is 38.3 Å². The number of nitrogens with one attached hydrogen (secondary N) is 1. The van der Waals surface area contributed by atoms with Crippen molar-refractivity contribution in [1.29, 1.82) is 0 Å². The Kier molecular flexibility index (Phi) is 7.28. The van der Waals surface area contributed by atoms with Gasteiger partial charge in [0.05, 0.1) is 6.61 Å². The second-order valence-electron chi connectivity index (χ2n) is 5.11. The summed E-state index contributed by atoms with van der Waals surface area (Å²) in [6.07, 6.45) is 3.86. The normalized spacial score (nSPS) is 19.4. The van der Waals surface area contributed by atoms with E-state index in [0.29, 0.717) is 30.9 Å². The summed E-state index contributed by atoms with van der Waals surface area (Å²) in [6, 6.07) is 0.363. The van der Waals surface area contributed by atoms with Crippen molar-refractivity contribution in [2.75, 3.05) is 33.4 Å². The molecule has 1 N–H and O–H groups in total. The summed E-state index contributed by atoms with van der Waals surface area (Å²) < 4.78 is 5.13. The number of carbonyl (C=O) groups is 1. The highest BCUT2D eigenvalue weighted by Gasteiger charge is 2.25. The number of carbonyl (C=O) groups excluding carboxylic acids is 1. The minimum atomic E-state index is 0.300. The Labute approximate surface area is 111 Å². The average Bonchev–Trinajstić information content (AvgIpc) is 2.87. The predicted molar refractivity (Wildman–Crippen MR) is 73.6 cm³/mol. The summed E-state index contributed by atoms with van der Waals surface area (Å²) in [6.45, 7) is 7.71. The highest BCUT2D eigenvalue weighted by atomic mass is 16.5. The van der Waals surface area contributed by atoms with Gasteiger partial charge < -0.3 is 15.0 Å². The lowest BCUT2D eigenvalue weighted by Gasteiger charge is -2.31. The molecule has 1 aliphatic heterocycles. The van der Waals surface area contributed by atoms with E-state index in [1.54, 1.807) is 7.11 Å². The van der Waals surface area contributed by atoms with Crippen molar-refractivity contribution in [3.63, 3.8) is 0 Å². The van der Waals surface area contributed by atoms with Gasteiger partial charge >= 0.3 is 0 Å². The molecule has 0 aromatic rings. The van der Waals surface area contributed by atoms with Gasteiger partial charge in [0.15, 0.2) is 0 Å². The van der Waals surface area contributed by atoms with Gasteiger partial charge in [0, 0.05) is 26.1 Å². The summed E-state index contributed by atoms with van der Waals surface area (Å²) in [5, 5.41) is 3.32. The third-order valence-corrected chi connectivity index (χ3v) is 3.87. The van der Waals surface area contributed by atoms with Gasteiger partial charge in [-0.3, -0.25) is 4.79 Å². The van der Waals surface area contributed by atoms with Crippen LogP contribution in [0.5, 0.6) is 0 Å². The summed E-state index contributed by atoms with van der Waals surface area (Å²) >= 11 is 0. The van der Waals surface area contributed by atoms with Gasteiger partial charge in [0.25, 0.3) is 0 Å². The van der Waals surface area contributed by atoms with E-state index >= 15 is 0 Å². The Balaban J connectivity index is 2.52. The molecule has 1 unspecified atom stereocenters. The molecule has 106 valence electrons. The molecule has 0 aromatic heterocycles. The first-order valence-corrected chi connectivity index (χ1v) is 7.22. The van der Waals surface area contributed by atoms with Crippen molar-refractivity contribution in [2.24, 2.45) is 5.92 Å². The molecule has 0 bridgehead atoms. The molecule has 4 nitrogen and oxygen atoms in total. The van der Waals surface area contributed by atoms with Crippen LogP contribution < -0.4 is 5.32 Å². The number of amides is 1. The van der Waals surface area contributed by atoms with Crippen molar-refractivity contribution in [1.82, 2.24) is 10.2 Å². The van der Waals surface area contributed by atoms with E-state index in [2.05, 4.69) is 19.2 Å². The van der Waals surface area contributed by atoms with E-state index in [9.17, 15) is 4.79 Å². The van der Waals surface area contributed by atoms with Gasteiger partial charge in [-0.25, -0.2) is 0 Å². The van der Waals surface area contributed by atoms with Crippen LogP contribution in [0.4, 0.5) is 0 Å². The molecule has 1 aliphatic rings. The first kappa shape index (κ1) is 15.4. The minimum absolute atomic E-state index is 0.300. The van der Waals surface area contributed by atoms with Crippen LogP contribution >= 0.6 is 0 Å². The molecule has 1 heterocycles.